The van der Waals surface area contributed by atoms with E-state index in [2.05, 4.69) is 5.32 Å². The molecule has 2 aromatic carbocycles. The van der Waals surface area contributed by atoms with Crippen LogP contribution in [-0.2, 0) is 26.2 Å². The van der Waals surface area contributed by atoms with Crippen LogP contribution in [0.2, 0.25) is 0 Å². The Hall–Kier alpha value is -2.71. The molecule has 0 radical (unpaired) electrons. The number of hydrogen-bond donors (Lipinski definition) is 1. The average Bonchev–Trinajstić information content (AvgIpc) is 3.36. The monoisotopic (exact) mass is 499 g/mol. The van der Waals surface area contributed by atoms with Crippen LogP contribution in [-0.4, -0.2) is 55.1 Å². The van der Waals surface area contributed by atoms with Gasteiger partial charge in [0.25, 0.3) is 0 Å². The Morgan fingerprint density at radius 3 is 2.29 bits per heavy atom. The first-order valence-electron chi connectivity index (χ1n) is 12.4. The molecule has 0 aromatic heterocycles. The molecule has 7 nitrogen and oxygen atoms in total. The topological polar surface area (TPSA) is 86.8 Å². The predicted octanol–water partition coefficient (Wildman–Crippen LogP) is 3.87. The van der Waals surface area contributed by atoms with E-state index in [-0.39, 0.29) is 35.7 Å². The molecule has 1 N–H and O–H groups in total. The summed E-state index contributed by atoms with van der Waals surface area (Å²) in [6.45, 7) is 4.31. The Bertz CT molecular complexity index is 1080. The number of nitrogens with zero attached hydrogens (tertiary/aromatic N) is 2. The minimum atomic E-state index is -3.61. The lowest BCUT2D eigenvalue weighted by atomic mass is 10.1. The van der Waals surface area contributed by atoms with Gasteiger partial charge in [0, 0.05) is 32.6 Å². The third-order valence-corrected chi connectivity index (χ3v) is 8.53. The number of sulfonamides is 1. The van der Waals surface area contributed by atoms with Gasteiger partial charge in [-0.1, -0.05) is 60.9 Å². The van der Waals surface area contributed by atoms with Gasteiger partial charge in [0.1, 0.15) is 6.04 Å². The Labute approximate surface area is 209 Å². The summed E-state index contributed by atoms with van der Waals surface area (Å²) in [5.74, 6) is -0.300. The van der Waals surface area contributed by atoms with Crippen LogP contribution in [0.15, 0.2) is 59.5 Å². The van der Waals surface area contributed by atoms with Crippen LogP contribution < -0.4 is 5.32 Å². The highest BCUT2D eigenvalue weighted by atomic mass is 32.2. The van der Waals surface area contributed by atoms with Crippen LogP contribution in [0.25, 0.3) is 0 Å². The highest BCUT2D eigenvalue weighted by Crippen LogP contribution is 2.19. The average molecular weight is 500 g/mol. The van der Waals surface area contributed by atoms with Gasteiger partial charge in [0.15, 0.2) is 0 Å². The largest absolute Gasteiger partial charge is 0.352 e. The molecular weight excluding hydrogens is 462 g/mol. The summed E-state index contributed by atoms with van der Waals surface area (Å²) >= 11 is 0. The molecule has 0 saturated heterocycles. The first-order chi connectivity index (χ1) is 16.7. The maximum absolute atomic E-state index is 13.3. The van der Waals surface area contributed by atoms with Gasteiger partial charge in [-0.25, -0.2) is 12.7 Å². The van der Waals surface area contributed by atoms with E-state index < -0.39 is 16.1 Å². The lowest BCUT2D eigenvalue weighted by Gasteiger charge is -2.30. The van der Waals surface area contributed by atoms with E-state index >= 15 is 0 Å². The molecule has 0 aliphatic heterocycles. The van der Waals surface area contributed by atoms with Gasteiger partial charge >= 0.3 is 0 Å². The number of carbonyl (C=O) groups is 2. The van der Waals surface area contributed by atoms with Crippen LogP contribution in [0, 0.1) is 6.92 Å². The van der Waals surface area contributed by atoms with Gasteiger partial charge in [0.2, 0.25) is 21.8 Å². The summed E-state index contributed by atoms with van der Waals surface area (Å²) in [6.07, 6.45) is 4.71. The molecule has 35 heavy (non-hydrogen) atoms. The van der Waals surface area contributed by atoms with Gasteiger partial charge in [-0.15, -0.1) is 0 Å². The highest BCUT2D eigenvalue weighted by molar-refractivity contribution is 7.89. The van der Waals surface area contributed by atoms with Crippen molar-refractivity contribution in [2.75, 3.05) is 13.6 Å². The van der Waals surface area contributed by atoms with Crippen molar-refractivity contribution >= 4 is 21.8 Å². The van der Waals surface area contributed by atoms with E-state index in [0.29, 0.717) is 13.0 Å². The van der Waals surface area contributed by atoms with Gasteiger partial charge in [-0.2, -0.15) is 0 Å². The van der Waals surface area contributed by atoms with Crippen molar-refractivity contribution in [3.05, 3.63) is 65.7 Å². The quantitative estimate of drug-likeness (QED) is 0.508. The van der Waals surface area contributed by atoms with Crippen molar-refractivity contribution in [3.63, 3.8) is 0 Å². The zero-order valence-electron chi connectivity index (χ0n) is 20.9. The number of rotatable bonds is 11. The molecule has 1 fully saturated rings. The van der Waals surface area contributed by atoms with E-state index in [4.69, 9.17) is 0 Å². The molecule has 1 aliphatic carbocycles. The summed E-state index contributed by atoms with van der Waals surface area (Å²) < 4.78 is 26.8. The fourth-order valence-electron chi connectivity index (χ4n) is 4.35. The molecule has 0 unspecified atom stereocenters. The van der Waals surface area contributed by atoms with Crippen molar-refractivity contribution < 1.29 is 18.0 Å². The van der Waals surface area contributed by atoms with Crippen molar-refractivity contribution in [2.24, 2.45) is 0 Å². The molecule has 2 aromatic rings. The number of carbonyl (C=O) groups excluding carboxylic acids is 2. The molecule has 0 bridgehead atoms. The van der Waals surface area contributed by atoms with Crippen LogP contribution in [0.4, 0.5) is 0 Å². The summed E-state index contributed by atoms with van der Waals surface area (Å²) in [5.41, 5.74) is 2.08. The van der Waals surface area contributed by atoms with E-state index in [1.807, 2.05) is 31.2 Å². The minimum Gasteiger partial charge on any atom is -0.352 e. The third-order valence-electron chi connectivity index (χ3n) is 6.66. The molecule has 3 rings (SSSR count). The zero-order valence-corrected chi connectivity index (χ0v) is 21.8. The lowest BCUT2D eigenvalue weighted by molar-refractivity contribution is -0.141. The molecule has 1 saturated carbocycles. The standard InChI is InChI=1S/C27H37N3O4S/c1-21-15-17-23(18-16-21)20-30(22(2)27(32)28-24-10-7-8-11-24)26(31)14-9-19-29(3)35(33,34)25-12-5-4-6-13-25/h4-6,12-13,15-18,22,24H,7-11,14,19-20H2,1-3H3,(H,28,32)/t22-/m0/s1. The Morgan fingerprint density at radius 1 is 1.03 bits per heavy atom. The number of aryl methyl sites for hydroxylation is 1. The van der Waals surface area contributed by atoms with Gasteiger partial charge in [-0.05, 0) is 50.8 Å². The van der Waals surface area contributed by atoms with Crippen LogP contribution >= 0.6 is 0 Å². The summed E-state index contributed by atoms with van der Waals surface area (Å²) in [6, 6.07) is 15.7. The highest BCUT2D eigenvalue weighted by Gasteiger charge is 2.28. The predicted molar refractivity (Wildman–Crippen MR) is 137 cm³/mol. The fourth-order valence-corrected chi connectivity index (χ4v) is 5.58. The lowest BCUT2D eigenvalue weighted by Crippen LogP contribution is -2.49. The minimum absolute atomic E-state index is 0.138. The second kappa shape index (κ2) is 12.3. The third kappa shape index (κ3) is 7.39. The van der Waals surface area contributed by atoms with E-state index in [0.717, 1.165) is 36.8 Å². The Morgan fingerprint density at radius 2 is 1.66 bits per heavy atom. The molecular formula is C27H37N3O4S. The van der Waals surface area contributed by atoms with E-state index in [9.17, 15) is 18.0 Å². The molecule has 1 atom stereocenters. The maximum atomic E-state index is 13.3. The smallest absolute Gasteiger partial charge is 0.242 e. The Kier molecular flexibility index (Phi) is 9.46. The van der Waals surface area contributed by atoms with Crippen molar-refractivity contribution in [1.82, 2.24) is 14.5 Å². The second-order valence-electron chi connectivity index (χ2n) is 9.42. The molecule has 0 heterocycles. The summed E-state index contributed by atoms with van der Waals surface area (Å²) in [4.78, 5) is 28.1. The molecule has 0 spiro atoms. The van der Waals surface area contributed by atoms with Gasteiger partial charge in [0.05, 0.1) is 4.90 Å². The number of hydrogen-bond acceptors (Lipinski definition) is 4. The maximum Gasteiger partial charge on any atom is 0.242 e. The van der Waals surface area contributed by atoms with E-state index in [1.165, 1.54) is 11.4 Å². The van der Waals surface area contributed by atoms with Crippen LogP contribution in [0.3, 0.4) is 0 Å². The Balaban J connectivity index is 1.64. The SMILES string of the molecule is Cc1ccc(CN(C(=O)CCCN(C)S(=O)(=O)c2ccccc2)[C@@H](C)C(=O)NC2CCCC2)cc1. The fraction of sp³-hybridized carbons (Fsp3) is 0.481. The molecule has 8 heteroatoms. The number of amides is 2. The first kappa shape index (κ1) is 26.9. The number of nitrogens with one attached hydrogen (secondary N) is 1. The van der Waals surface area contributed by atoms with Crippen LogP contribution in [0.5, 0.6) is 0 Å². The molecule has 1 aliphatic rings. The van der Waals surface area contributed by atoms with Gasteiger partial charge in [-0.3, -0.25) is 9.59 Å². The van der Waals surface area contributed by atoms with Crippen molar-refractivity contribution in [3.8, 4) is 0 Å². The first-order valence-corrected chi connectivity index (χ1v) is 13.8. The summed E-state index contributed by atoms with van der Waals surface area (Å²) in [5, 5.41) is 3.10. The van der Waals surface area contributed by atoms with Crippen molar-refractivity contribution in [1.29, 1.82) is 0 Å². The molecule has 2 amide bonds. The zero-order chi connectivity index (χ0) is 25.4. The van der Waals surface area contributed by atoms with E-state index in [1.54, 1.807) is 42.2 Å². The summed E-state index contributed by atoms with van der Waals surface area (Å²) in [7, 11) is -2.09. The second-order valence-corrected chi connectivity index (χ2v) is 11.5. The van der Waals surface area contributed by atoms with Crippen molar-refractivity contribution in [2.45, 2.75) is 75.9 Å². The van der Waals surface area contributed by atoms with Gasteiger partial charge < -0.3 is 10.2 Å². The van der Waals surface area contributed by atoms with Crippen LogP contribution in [0.1, 0.15) is 56.6 Å². The number of benzene rings is 2. The molecule has 190 valence electrons. The normalized spacial score (nSPS) is 15.2.